The molecule has 3 N–H and O–H groups in total. The summed E-state index contributed by atoms with van der Waals surface area (Å²) in [5, 5.41) is 21.1. The summed E-state index contributed by atoms with van der Waals surface area (Å²) in [5.41, 5.74) is 0.174. The van der Waals surface area contributed by atoms with Gasteiger partial charge in [-0.15, -0.1) is 0 Å². The van der Waals surface area contributed by atoms with Crippen molar-refractivity contribution in [3.63, 3.8) is 0 Å². The molecule has 1 heterocycles. The number of benzene rings is 1. The van der Waals surface area contributed by atoms with E-state index in [1.165, 1.54) is 6.07 Å². The van der Waals surface area contributed by atoms with Crippen LogP contribution in [-0.4, -0.2) is 22.7 Å². The van der Waals surface area contributed by atoms with Crippen molar-refractivity contribution in [3.8, 4) is 5.75 Å². The molecule has 0 unspecified atom stereocenters. The minimum atomic E-state index is -1.20. The van der Waals surface area contributed by atoms with Crippen LogP contribution in [0.2, 0.25) is 0 Å². The molecule has 80 valence electrons. The maximum atomic E-state index is 13.2. The molecule has 1 aliphatic rings. The number of rotatable bonds is 2. The molecule has 0 saturated carbocycles. The lowest BCUT2D eigenvalue weighted by atomic mass is 9.95. The standard InChI is InChI=1S/C10H10FNO3/c11-7-4-5(10(14)15)3-6(9(7)13)8-1-2-12-8/h3-4,8,12-13H,1-2H2,(H,14,15)/t8-/m0/s1. The Morgan fingerprint density at radius 2 is 2.20 bits per heavy atom. The van der Waals surface area contributed by atoms with Gasteiger partial charge >= 0.3 is 5.97 Å². The number of nitrogens with one attached hydrogen (secondary N) is 1. The number of hydrogen-bond acceptors (Lipinski definition) is 3. The number of aromatic carboxylic acids is 1. The van der Waals surface area contributed by atoms with Crippen LogP contribution in [0.5, 0.6) is 5.75 Å². The predicted molar refractivity (Wildman–Crippen MR) is 50.4 cm³/mol. The van der Waals surface area contributed by atoms with Crippen LogP contribution in [0.15, 0.2) is 12.1 Å². The molecule has 0 aromatic heterocycles. The van der Waals surface area contributed by atoms with Gasteiger partial charge in [-0.25, -0.2) is 9.18 Å². The van der Waals surface area contributed by atoms with E-state index in [0.717, 1.165) is 19.0 Å². The summed E-state index contributed by atoms with van der Waals surface area (Å²) in [7, 11) is 0. The fourth-order valence-electron chi connectivity index (χ4n) is 1.56. The number of phenols is 1. The average Bonchev–Trinajstić information content (AvgIpc) is 2.09. The van der Waals surface area contributed by atoms with Crippen LogP contribution in [0.3, 0.4) is 0 Å². The van der Waals surface area contributed by atoms with Gasteiger partial charge in [0.15, 0.2) is 11.6 Å². The highest BCUT2D eigenvalue weighted by Gasteiger charge is 2.24. The molecule has 1 atom stereocenters. The van der Waals surface area contributed by atoms with E-state index in [4.69, 9.17) is 5.11 Å². The van der Waals surface area contributed by atoms with Crippen molar-refractivity contribution >= 4 is 5.97 Å². The van der Waals surface area contributed by atoms with Crippen molar-refractivity contribution in [1.29, 1.82) is 0 Å². The molecule has 4 nitrogen and oxygen atoms in total. The Morgan fingerprint density at radius 1 is 1.53 bits per heavy atom. The van der Waals surface area contributed by atoms with Crippen molar-refractivity contribution in [2.45, 2.75) is 12.5 Å². The third kappa shape index (κ3) is 1.66. The zero-order valence-corrected chi connectivity index (χ0v) is 7.83. The van der Waals surface area contributed by atoms with Gasteiger partial charge in [0.05, 0.1) is 5.56 Å². The average molecular weight is 211 g/mol. The van der Waals surface area contributed by atoms with Gasteiger partial charge in [0.1, 0.15) is 0 Å². The number of halogens is 1. The highest BCUT2D eigenvalue weighted by molar-refractivity contribution is 5.88. The van der Waals surface area contributed by atoms with Crippen molar-refractivity contribution in [2.24, 2.45) is 0 Å². The molecule has 1 aromatic rings. The molecule has 0 radical (unpaired) electrons. The smallest absolute Gasteiger partial charge is 0.335 e. The second-order valence-electron chi connectivity index (χ2n) is 3.50. The molecule has 0 bridgehead atoms. The zero-order valence-electron chi connectivity index (χ0n) is 7.83. The normalized spacial score (nSPS) is 19.7. The van der Waals surface area contributed by atoms with E-state index in [2.05, 4.69) is 5.32 Å². The van der Waals surface area contributed by atoms with Crippen molar-refractivity contribution in [1.82, 2.24) is 5.32 Å². The summed E-state index contributed by atoms with van der Waals surface area (Å²) in [4.78, 5) is 10.7. The van der Waals surface area contributed by atoms with Gasteiger partial charge in [-0.1, -0.05) is 0 Å². The van der Waals surface area contributed by atoms with Gasteiger partial charge in [-0.3, -0.25) is 0 Å². The number of carbonyl (C=O) groups is 1. The molecule has 0 amide bonds. The molecule has 2 rings (SSSR count). The van der Waals surface area contributed by atoms with Crippen molar-refractivity contribution < 1.29 is 19.4 Å². The lowest BCUT2D eigenvalue weighted by Gasteiger charge is -2.28. The quantitative estimate of drug-likeness (QED) is 0.688. The Kier molecular flexibility index (Phi) is 2.32. The Hall–Kier alpha value is -1.62. The first-order chi connectivity index (χ1) is 7.09. The molecule has 15 heavy (non-hydrogen) atoms. The van der Waals surface area contributed by atoms with Gasteiger partial charge in [-0.05, 0) is 25.1 Å². The minimum Gasteiger partial charge on any atom is -0.505 e. The van der Waals surface area contributed by atoms with Gasteiger partial charge < -0.3 is 15.5 Å². The summed E-state index contributed by atoms with van der Waals surface area (Å²) in [6.45, 7) is 0.795. The summed E-state index contributed by atoms with van der Waals surface area (Å²) in [6.07, 6.45) is 0.774. The number of aromatic hydroxyl groups is 1. The van der Waals surface area contributed by atoms with E-state index >= 15 is 0 Å². The Labute approximate surface area is 85.4 Å². The van der Waals surface area contributed by atoms with Crippen molar-refractivity contribution in [3.05, 3.63) is 29.1 Å². The molecule has 1 fully saturated rings. The highest BCUT2D eigenvalue weighted by Crippen LogP contribution is 2.33. The summed E-state index contributed by atoms with van der Waals surface area (Å²) in [6, 6.07) is 1.98. The van der Waals surface area contributed by atoms with Crippen LogP contribution in [-0.2, 0) is 0 Å². The minimum absolute atomic E-state index is 0.140. The zero-order chi connectivity index (χ0) is 11.0. The summed E-state index contributed by atoms with van der Waals surface area (Å²) in [5.74, 6) is -2.55. The highest BCUT2D eigenvalue weighted by atomic mass is 19.1. The Bertz CT molecular complexity index is 415. The first kappa shape index (κ1) is 9.92. The maximum absolute atomic E-state index is 13.2. The predicted octanol–water partition coefficient (Wildman–Crippen LogP) is 1.26. The van der Waals surface area contributed by atoms with Crippen molar-refractivity contribution in [2.75, 3.05) is 6.54 Å². The first-order valence-electron chi connectivity index (χ1n) is 4.58. The van der Waals surface area contributed by atoms with Crippen LogP contribution in [0, 0.1) is 5.82 Å². The number of hydrogen-bond donors (Lipinski definition) is 3. The maximum Gasteiger partial charge on any atom is 0.335 e. The lowest BCUT2D eigenvalue weighted by Crippen LogP contribution is -2.35. The number of carboxylic acid groups (broad SMARTS) is 1. The van der Waals surface area contributed by atoms with Gasteiger partial charge in [0, 0.05) is 11.6 Å². The summed E-state index contributed by atoms with van der Waals surface area (Å²) >= 11 is 0. The van der Waals surface area contributed by atoms with E-state index in [1.807, 2.05) is 0 Å². The van der Waals surface area contributed by atoms with E-state index in [0.29, 0.717) is 5.56 Å². The lowest BCUT2D eigenvalue weighted by molar-refractivity contribution is 0.0696. The van der Waals surface area contributed by atoms with Gasteiger partial charge in [0.25, 0.3) is 0 Å². The second kappa shape index (κ2) is 3.51. The SMILES string of the molecule is O=C(O)c1cc(F)c(O)c([C@@H]2CCN2)c1. The molecule has 1 saturated heterocycles. The van der Waals surface area contributed by atoms with Crippen LogP contribution in [0.4, 0.5) is 4.39 Å². The Balaban J connectivity index is 2.46. The monoisotopic (exact) mass is 211 g/mol. The number of phenolic OH excluding ortho intramolecular Hbond substituents is 1. The van der Waals surface area contributed by atoms with Crippen LogP contribution in [0.1, 0.15) is 28.4 Å². The number of carboxylic acids is 1. The first-order valence-corrected chi connectivity index (χ1v) is 4.58. The largest absolute Gasteiger partial charge is 0.505 e. The second-order valence-corrected chi connectivity index (χ2v) is 3.50. The molecular formula is C10H10FNO3. The van der Waals surface area contributed by atoms with E-state index < -0.39 is 17.5 Å². The molecule has 0 aliphatic carbocycles. The topological polar surface area (TPSA) is 69.6 Å². The molecule has 1 aromatic carbocycles. The van der Waals surface area contributed by atoms with E-state index in [-0.39, 0.29) is 11.6 Å². The molecule has 0 spiro atoms. The fraction of sp³-hybridized carbons (Fsp3) is 0.300. The molecule has 1 aliphatic heterocycles. The third-order valence-electron chi connectivity index (χ3n) is 2.54. The molecule has 5 heteroatoms. The third-order valence-corrected chi connectivity index (χ3v) is 2.54. The van der Waals surface area contributed by atoms with Crippen LogP contribution >= 0.6 is 0 Å². The van der Waals surface area contributed by atoms with Crippen LogP contribution < -0.4 is 5.32 Å². The van der Waals surface area contributed by atoms with Gasteiger partial charge in [-0.2, -0.15) is 0 Å². The fourth-order valence-corrected chi connectivity index (χ4v) is 1.56. The van der Waals surface area contributed by atoms with E-state index in [9.17, 15) is 14.3 Å². The van der Waals surface area contributed by atoms with Crippen LogP contribution in [0.25, 0.3) is 0 Å². The summed E-state index contributed by atoms with van der Waals surface area (Å²) < 4.78 is 13.2. The van der Waals surface area contributed by atoms with E-state index in [1.54, 1.807) is 0 Å². The molecular weight excluding hydrogens is 201 g/mol. The van der Waals surface area contributed by atoms with Gasteiger partial charge in [0.2, 0.25) is 0 Å². The Morgan fingerprint density at radius 3 is 2.67 bits per heavy atom.